The van der Waals surface area contributed by atoms with Crippen molar-refractivity contribution in [1.82, 2.24) is 9.29 Å². The van der Waals surface area contributed by atoms with E-state index in [1.807, 2.05) is 6.92 Å². The number of aromatic carboxylic acids is 1. The van der Waals surface area contributed by atoms with Crippen molar-refractivity contribution >= 4 is 22.0 Å². The van der Waals surface area contributed by atoms with Crippen LogP contribution in [-0.2, 0) is 10.2 Å². The Morgan fingerprint density at radius 1 is 1.45 bits per heavy atom. The van der Waals surface area contributed by atoms with Gasteiger partial charge in [0.2, 0.25) is 0 Å². The molecule has 1 aliphatic heterocycles. The van der Waals surface area contributed by atoms with Crippen LogP contribution in [0.1, 0.15) is 36.7 Å². The maximum atomic E-state index is 12.3. The summed E-state index contributed by atoms with van der Waals surface area (Å²) in [6.07, 6.45) is 2.66. The first-order valence-electron chi connectivity index (χ1n) is 6.40. The highest BCUT2D eigenvalue weighted by Gasteiger charge is 2.29. The highest BCUT2D eigenvalue weighted by molar-refractivity contribution is 7.90. The quantitative estimate of drug-likeness (QED) is 0.873. The molecule has 1 fully saturated rings. The van der Waals surface area contributed by atoms with Crippen LogP contribution in [0.3, 0.4) is 0 Å². The van der Waals surface area contributed by atoms with E-state index in [1.165, 1.54) is 22.5 Å². The van der Waals surface area contributed by atoms with Crippen molar-refractivity contribution in [2.24, 2.45) is 0 Å². The number of hydrogen-bond acceptors (Lipinski definition) is 4. The molecule has 0 spiro atoms. The molecule has 1 unspecified atom stereocenters. The molecule has 0 aromatic carbocycles. The molecule has 1 saturated heterocycles. The van der Waals surface area contributed by atoms with Crippen LogP contribution in [-0.4, -0.2) is 41.4 Å². The van der Waals surface area contributed by atoms with E-state index in [-0.39, 0.29) is 17.6 Å². The summed E-state index contributed by atoms with van der Waals surface area (Å²) in [5.41, 5.74) is -0.197. The van der Waals surface area contributed by atoms with Gasteiger partial charge < -0.3 is 5.11 Å². The number of nitrogens with one attached hydrogen (secondary N) is 1. The maximum absolute atomic E-state index is 12.3. The summed E-state index contributed by atoms with van der Waals surface area (Å²) in [6, 6.07) is 4.12. The van der Waals surface area contributed by atoms with Gasteiger partial charge in [-0.1, -0.05) is 12.5 Å². The number of aromatic nitrogens is 1. The first kappa shape index (κ1) is 14.7. The lowest BCUT2D eigenvalue weighted by Crippen LogP contribution is -2.44. The van der Waals surface area contributed by atoms with E-state index < -0.39 is 16.2 Å². The van der Waals surface area contributed by atoms with Crippen LogP contribution in [0.2, 0.25) is 0 Å². The molecule has 0 amide bonds. The summed E-state index contributed by atoms with van der Waals surface area (Å²) in [4.78, 5) is 14.6. The van der Waals surface area contributed by atoms with Crippen LogP contribution in [0, 0.1) is 0 Å². The van der Waals surface area contributed by atoms with Crippen molar-refractivity contribution in [2.45, 2.75) is 32.2 Å². The molecule has 0 saturated carbocycles. The van der Waals surface area contributed by atoms with Crippen molar-refractivity contribution < 1.29 is 18.3 Å². The lowest BCUT2D eigenvalue weighted by atomic mass is 10.1. The van der Waals surface area contributed by atoms with Crippen LogP contribution >= 0.6 is 0 Å². The molecular weight excluding hydrogens is 282 g/mol. The lowest BCUT2D eigenvalue weighted by Gasteiger charge is -2.32. The highest BCUT2D eigenvalue weighted by atomic mass is 32.2. The summed E-state index contributed by atoms with van der Waals surface area (Å²) in [5, 5.41) is 8.85. The zero-order chi connectivity index (χ0) is 14.8. The van der Waals surface area contributed by atoms with Crippen molar-refractivity contribution in [3.8, 4) is 0 Å². The van der Waals surface area contributed by atoms with Gasteiger partial charge in [-0.25, -0.2) is 9.78 Å². The van der Waals surface area contributed by atoms with Gasteiger partial charge in [-0.05, 0) is 31.9 Å². The van der Waals surface area contributed by atoms with Crippen LogP contribution < -0.4 is 4.72 Å². The van der Waals surface area contributed by atoms with Crippen molar-refractivity contribution in [2.75, 3.05) is 11.3 Å². The van der Waals surface area contributed by atoms with Crippen LogP contribution in [0.5, 0.6) is 0 Å². The molecule has 0 radical (unpaired) electrons. The Kier molecular flexibility index (Phi) is 4.24. The molecule has 1 aromatic heterocycles. The van der Waals surface area contributed by atoms with Gasteiger partial charge in [-0.2, -0.15) is 12.7 Å². The van der Waals surface area contributed by atoms with Gasteiger partial charge in [0, 0.05) is 12.6 Å². The first-order chi connectivity index (χ1) is 9.40. The summed E-state index contributed by atoms with van der Waals surface area (Å²) < 4.78 is 28.3. The number of nitrogens with zero attached hydrogens (tertiary/aromatic N) is 2. The highest BCUT2D eigenvalue weighted by Crippen LogP contribution is 2.21. The van der Waals surface area contributed by atoms with Crippen LogP contribution in [0.4, 0.5) is 5.82 Å². The molecule has 2 rings (SSSR count). The first-order valence-corrected chi connectivity index (χ1v) is 7.84. The number of hydrogen-bond donors (Lipinski definition) is 2. The second-order valence-corrected chi connectivity index (χ2v) is 6.40. The minimum atomic E-state index is -3.70. The van der Waals surface area contributed by atoms with E-state index >= 15 is 0 Å². The SMILES string of the molecule is CC1CCCCN1S(=O)(=O)Nc1cccc(C(=O)O)n1. The van der Waals surface area contributed by atoms with Gasteiger partial charge >= 0.3 is 16.2 Å². The number of carboxylic acids is 1. The summed E-state index contributed by atoms with van der Waals surface area (Å²) in [7, 11) is -3.70. The average molecular weight is 299 g/mol. The third-order valence-electron chi connectivity index (χ3n) is 3.25. The topological polar surface area (TPSA) is 99.6 Å². The monoisotopic (exact) mass is 299 g/mol. The molecule has 0 bridgehead atoms. The van der Waals surface area contributed by atoms with Gasteiger partial charge in [0.1, 0.15) is 5.82 Å². The fourth-order valence-corrected chi connectivity index (χ4v) is 3.67. The summed E-state index contributed by atoms with van der Waals surface area (Å²) >= 11 is 0. The zero-order valence-corrected chi connectivity index (χ0v) is 11.9. The maximum Gasteiger partial charge on any atom is 0.354 e. The molecule has 2 N–H and O–H groups in total. The van der Waals surface area contributed by atoms with Crippen molar-refractivity contribution in [3.63, 3.8) is 0 Å². The number of piperidine rings is 1. The molecular formula is C12H17N3O4S. The normalized spacial score (nSPS) is 20.6. The van der Waals surface area contributed by atoms with E-state index in [0.717, 1.165) is 19.3 Å². The molecule has 2 heterocycles. The Labute approximate surface area is 117 Å². The van der Waals surface area contributed by atoms with E-state index in [2.05, 4.69) is 9.71 Å². The summed E-state index contributed by atoms with van der Waals surface area (Å²) in [6.45, 7) is 2.33. The van der Waals surface area contributed by atoms with Gasteiger partial charge in [-0.3, -0.25) is 4.72 Å². The molecule has 20 heavy (non-hydrogen) atoms. The average Bonchev–Trinajstić information content (AvgIpc) is 2.38. The predicted molar refractivity (Wildman–Crippen MR) is 73.8 cm³/mol. The Balaban J connectivity index is 2.19. The van der Waals surface area contributed by atoms with E-state index in [4.69, 9.17) is 5.11 Å². The number of carbonyl (C=O) groups is 1. The Hall–Kier alpha value is -1.67. The fraction of sp³-hybridized carbons (Fsp3) is 0.500. The largest absolute Gasteiger partial charge is 0.477 e. The van der Waals surface area contributed by atoms with E-state index in [9.17, 15) is 13.2 Å². The molecule has 1 aliphatic rings. The molecule has 110 valence electrons. The van der Waals surface area contributed by atoms with E-state index in [0.29, 0.717) is 6.54 Å². The van der Waals surface area contributed by atoms with Gasteiger partial charge in [-0.15, -0.1) is 0 Å². The van der Waals surface area contributed by atoms with Crippen molar-refractivity contribution in [3.05, 3.63) is 23.9 Å². The van der Waals surface area contributed by atoms with Crippen LogP contribution in [0.15, 0.2) is 18.2 Å². The number of anilines is 1. The Morgan fingerprint density at radius 3 is 2.85 bits per heavy atom. The molecule has 1 aromatic rings. The number of carboxylic acid groups (broad SMARTS) is 1. The second kappa shape index (κ2) is 5.76. The second-order valence-electron chi connectivity index (χ2n) is 4.78. The fourth-order valence-electron chi connectivity index (χ4n) is 2.23. The third kappa shape index (κ3) is 3.26. The van der Waals surface area contributed by atoms with Gasteiger partial charge in [0.05, 0.1) is 0 Å². The smallest absolute Gasteiger partial charge is 0.354 e. The molecule has 7 nitrogen and oxygen atoms in total. The number of rotatable bonds is 4. The molecule has 0 aliphatic carbocycles. The lowest BCUT2D eigenvalue weighted by molar-refractivity contribution is 0.0690. The minimum Gasteiger partial charge on any atom is -0.477 e. The third-order valence-corrected chi connectivity index (χ3v) is 4.88. The minimum absolute atomic E-state index is 0.0164. The van der Waals surface area contributed by atoms with Crippen molar-refractivity contribution in [1.29, 1.82) is 0 Å². The standard InChI is InChI=1S/C12H17N3O4S/c1-9-5-2-3-8-15(9)20(18,19)14-11-7-4-6-10(13-11)12(16)17/h4,6-7,9H,2-3,5,8H2,1H3,(H,13,14)(H,16,17). The summed E-state index contributed by atoms with van der Waals surface area (Å²) in [5.74, 6) is -1.18. The molecule has 8 heteroatoms. The predicted octanol–water partition coefficient (Wildman–Crippen LogP) is 1.31. The van der Waals surface area contributed by atoms with Gasteiger partial charge in [0.25, 0.3) is 0 Å². The number of pyridine rings is 1. The van der Waals surface area contributed by atoms with Gasteiger partial charge in [0.15, 0.2) is 5.69 Å². The zero-order valence-electron chi connectivity index (χ0n) is 11.1. The molecule has 1 atom stereocenters. The van der Waals surface area contributed by atoms with Crippen LogP contribution in [0.25, 0.3) is 0 Å². The van der Waals surface area contributed by atoms with E-state index in [1.54, 1.807) is 0 Å². The Morgan fingerprint density at radius 2 is 2.20 bits per heavy atom. The Bertz CT molecular complexity index is 602.